The molecule has 0 spiro atoms. The van der Waals surface area contributed by atoms with Crippen molar-refractivity contribution in [3.8, 4) is 11.5 Å². The van der Waals surface area contributed by atoms with Crippen LogP contribution in [0.5, 0.6) is 11.5 Å². The van der Waals surface area contributed by atoms with Crippen LogP contribution in [0.4, 0.5) is 14.9 Å². The third kappa shape index (κ3) is 6.43. The van der Waals surface area contributed by atoms with Gasteiger partial charge < -0.3 is 14.8 Å². The lowest BCUT2D eigenvalue weighted by Crippen LogP contribution is -2.36. The van der Waals surface area contributed by atoms with Crippen LogP contribution < -0.4 is 14.8 Å². The van der Waals surface area contributed by atoms with Crippen LogP contribution in [0.25, 0.3) is 6.08 Å². The maximum Gasteiger partial charge on any atom is 0.294 e. The number of imide groups is 1. The first-order valence-corrected chi connectivity index (χ1v) is 12.6. The number of rotatable bonds is 8. The van der Waals surface area contributed by atoms with Crippen LogP contribution in [-0.2, 0) is 16.2 Å². The van der Waals surface area contributed by atoms with Crippen LogP contribution in [0.1, 0.15) is 11.1 Å². The first-order chi connectivity index (χ1) is 17.3. The molecule has 1 aliphatic rings. The SMILES string of the molecule is COc1cc(/C=C2\SC(=O)N(CC(=O)Nc3ccc(I)cc3)C2=O)ccc1OCc1ccc(F)cc1. The monoisotopic (exact) mass is 618 g/mol. The number of benzene rings is 3. The molecule has 4 rings (SSSR count). The fraction of sp³-hybridized carbons (Fsp3) is 0.115. The lowest BCUT2D eigenvalue weighted by molar-refractivity contribution is -0.127. The topological polar surface area (TPSA) is 84.9 Å². The van der Waals surface area contributed by atoms with Crippen LogP contribution in [0.3, 0.4) is 0 Å². The summed E-state index contributed by atoms with van der Waals surface area (Å²) < 4.78 is 25.3. The molecule has 7 nitrogen and oxygen atoms in total. The van der Waals surface area contributed by atoms with Crippen molar-refractivity contribution in [1.82, 2.24) is 4.90 Å². The minimum atomic E-state index is -0.543. The average Bonchev–Trinajstić information content (AvgIpc) is 3.12. The normalized spacial score (nSPS) is 14.3. The number of amides is 3. The minimum Gasteiger partial charge on any atom is -0.493 e. The predicted molar refractivity (Wildman–Crippen MR) is 144 cm³/mol. The highest BCUT2D eigenvalue weighted by atomic mass is 127. The Kier molecular flexibility index (Phi) is 8.26. The third-order valence-corrected chi connectivity index (χ3v) is 6.72. The Morgan fingerprint density at radius 3 is 2.47 bits per heavy atom. The fourth-order valence-electron chi connectivity index (χ4n) is 3.30. The van der Waals surface area contributed by atoms with Gasteiger partial charge in [-0.3, -0.25) is 19.3 Å². The largest absolute Gasteiger partial charge is 0.493 e. The van der Waals surface area contributed by atoms with Crippen molar-refractivity contribution >= 4 is 63.2 Å². The molecule has 0 saturated carbocycles. The Hall–Kier alpha value is -3.38. The molecule has 0 radical (unpaired) electrons. The van der Waals surface area contributed by atoms with E-state index in [9.17, 15) is 18.8 Å². The molecule has 1 fully saturated rings. The molecule has 1 heterocycles. The van der Waals surface area contributed by atoms with Gasteiger partial charge >= 0.3 is 0 Å². The molecule has 1 N–H and O–H groups in total. The molecule has 0 aliphatic carbocycles. The predicted octanol–water partition coefficient (Wildman–Crippen LogP) is 5.69. The van der Waals surface area contributed by atoms with Crippen LogP contribution in [0.2, 0.25) is 0 Å². The van der Waals surface area contributed by atoms with Crippen LogP contribution in [0, 0.1) is 9.39 Å². The molecular weight excluding hydrogens is 598 g/mol. The molecule has 3 aromatic rings. The highest BCUT2D eigenvalue weighted by Crippen LogP contribution is 2.34. The van der Waals surface area contributed by atoms with E-state index in [1.807, 2.05) is 12.1 Å². The van der Waals surface area contributed by atoms with Gasteiger partial charge in [0.1, 0.15) is 19.0 Å². The smallest absolute Gasteiger partial charge is 0.294 e. The lowest BCUT2D eigenvalue weighted by Gasteiger charge is -2.13. The summed E-state index contributed by atoms with van der Waals surface area (Å²) in [4.78, 5) is 38.7. The first kappa shape index (κ1) is 25.7. The quantitative estimate of drug-likeness (QED) is 0.258. The van der Waals surface area contributed by atoms with Crippen molar-refractivity contribution in [2.75, 3.05) is 19.0 Å². The van der Waals surface area contributed by atoms with Crippen molar-refractivity contribution in [2.45, 2.75) is 6.61 Å². The number of nitrogens with one attached hydrogen (secondary N) is 1. The molecule has 0 unspecified atom stereocenters. The summed E-state index contributed by atoms with van der Waals surface area (Å²) >= 11 is 2.92. The van der Waals surface area contributed by atoms with Crippen LogP contribution in [0.15, 0.2) is 71.6 Å². The van der Waals surface area contributed by atoms with Crippen molar-refractivity contribution < 1.29 is 28.2 Å². The minimum absolute atomic E-state index is 0.198. The van der Waals surface area contributed by atoms with Gasteiger partial charge in [-0.15, -0.1) is 0 Å². The molecule has 0 bridgehead atoms. The standard InChI is InChI=1S/C26H20FIN2O5S/c1-34-22-12-17(4-11-21(22)35-15-16-2-5-18(27)6-3-16)13-23-25(32)30(26(33)36-23)14-24(31)29-20-9-7-19(28)8-10-20/h2-13H,14-15H2,1H3,(H,29,31)/b23-13-. The number of hydrogen-bond acceptors (Lipinski definition) is 6. The van der Waals surface area contributed by atoms with E-state index in [2.05, 4.69) is 27.9 Å². The molecule has 184 valence electrons. The average molecular weight is 618 g/mol. The zero-order valence-electron chi connectivity index (χ0n) is 19.0. The number of thioether (sulfide) groups is 1. The Morgan fingerprint density at radius 2 is 1.78 bits per heavy atom. The number of carbonyl (C=O) groups excluding carboxylic acids is 3. The van der Waals surface area contributed by atoms with Gasteiger partial charge in [0.05, 0.1) is 12.0 Å². The highest BCUT2D eigenvalue weighted by molar-refractivity contribution is 14.1. The summed E-state index contributed by atoms with van der Waals surface area (Å²) in [5, 5.41) is 2.17. The van der Waals surface area contributed by atoms with Gasteiger partial charge in [-0.25, -0.2) is 4.39 Å². The number of halogens is 2. The molecule has 3 aromatic carbocycles. The molecule has 1 aliphatic heterocycles. The second-order valence-electron chi connectivity index (χ2n) is 7.65. The van der Waals surface area contributed by atoms with Crippen molar-refractivity contribution in [3.05, 3.63) is 92.1 Å². The molecule has 0 aromatic heterocycles. The molecular formula is C26H20FIN2O5S. The van der Waals surface area contributed by atoms with Gasteiger partial charge in [-0.05, 0) is 100 Å². The summed E-state index contributed by atoms with van der Waals surface area (Å²) in [6.07, 6.45) is 1.56. The Labute approximate surface area is 224 Å². The number of nitrogens with zero attached hydrogens (tertiary/aromatic N) is 1. The van der Waals surface area contributed by atoms with E-state index in [4.69, 9.17) is 9.47 Å². The van der Waals surface area contributed by atoms with Gasteiger partial charge in [-0.1, -0.05) is 18.2 Å². The van der Waals surface area contributed by atoms with Gasteiger partial charge in [0, 0.05) is 9.26 Å². The van der Waals surface area contributed by atoms with Gasteiger partial charge in [0.25, 0.3) is 11.1 Å². The second kappa shape index (κ2) is 11.6. The summed E-state index contributed by atoms with van der Waals surface area (Å²) in [5.41, 5.74) is 1.99. The van der Waals surface area contributed by atoms with Crippen molar-refractivity contribution in [2.24, 2.45) is 0 Å². The molecule has 3 amide bonds. The summed E-state index contributed by atoms with van der Waals surface area (Å²) in [7, 11) is 1.49. The van der Waals surface area contributed by atoms with Crippen LogP contribution >= 0.6 is 34.4 Å². The van der Waals surface area contributed by atoms with E-state index in [-0.39, 0.29) is 23.9 Å². The van der Waals surface area contributed by atoms with Crippen LogP contribution in [-0.4, -0.2) is 35.6 Å². The molecule has 36 heavy (non-hydrogen) atoms. The molecule has 1 saturated heterocycles. The summed E-state index contributed by atoms with van der Waals surface area (Å²) in [5.74, 6) is -0.430. The molecule has 0 atom stereocenters. The lowest BCUT2D eigenvalue weighted by atomic mass is 10.1. The summed E-state index contributed by atoms with van der Waals surface area (Å²) in [6, 6.07) is 18.2. The van der Waals surface area contributed by atoms with Crippen molar-refractivity contribution in [3.63, 3.8) is 0 Å². The fourth-order valence-corrected chi connectivity index (χ4v) is 4.50. The molecule has 10 heteroatoms. The van der Waals surface area contributed by atoms with Gasteiger partial charge in [-0.2, -0.15) is 0 Å². The van der Waals surface area contributed by atoms with E-state index in [0.717, 1.165) is 25.8 Å². The Morgan fingerprint density at radius 1 is 1.06 bits per heavy atom. The first-order valence-electron chi connectivity index (χ1n) is 10.7. The van der Waals surface area contributed by atoms with Gasteiger partial charge in [0.15, 0.2) is 11.5 Å². The maximum atomic E-state index is 13.1. The van der Waals surface area contributed by atoms with E-state index in [1.54, 1.807) is 48.5 Å². The number of carbonyl (C=O) groups is 3. The van der Waals surface area contributed by atoms with E-state index in [0.29, 0.717) is 22.7 Å². The maximum absolute atomic E-state index is 13.1. The van der Waals surface area contributed by atoms with Gasteiger partial charge in [0.2, 0.25) is 5.91 Å². The Bertz CT molecular complexity index is 1330. The summed E-state index contributed by atoms with van der Waals surface area (Å²) in [6.45, 7) is -0.160. The number of methoxy groups -OCH3 is 1. The van der Waals surface area contributed by atoms with E-state index in [1.165, 1.54) is 19.2 Å². The number of hydrogen-bond donors (Lipinski definition) is 1. The number of anilines is 1. The highest BCUT2D eigenvalue weighted by Gasteiger charge is 2.36. The van der Waals surface area contributed by atoms with E-state index >= 15 is 0 Å². The Balaban J connectivity index is 1.42. The third-order valence-electron chi connectivity index (χ3n) is 5.10. The number of ether oxygens (including phenoxy) is 2. The van der Waals surface area contributed by atoms with Crippen molar-refractivity contribution in [1.29, 1.82) is 0 Å². The zero-order chi connectivity index (χ0) is 25.7. The second-order valence-corrected chi connectivity index (χ2v) is 9.89. The van der Waals surface area contributed by atoms with E-state index < -0.39 is 17.1 Å². The zero-order valence-corrected chi connectivity index (χ0v) is 22.0.